The Kier molecular flexibility index (Phi) is 5.31. The summed E-state index contributed by atoms with van der Waals surface area (Å²) in [6, 6.07) is 10.1. The average Bonchev–Trinajstić information content (AvgIpc) is 3.06. The number of nitrogens with zero attached hydrogens (tertiary/aromatic N) is 3. The van der Waals surface area contributed by atoms with Crippen LogP contribution >= 0.6 is 34.5 Å². The molecule has 8 nitrogen and oxygen atoms in total. The van der Waals surface area contributed by atoms with Gasteiger partial charge in [0.1, 0.15) is 5.01 Å². The fraction of sp³-hybridized carbons (Fsp3) is 0. The molecule has 2 N–H and O–H groups in total. The number of anilines is 2. The van der Waals surface area contributed by atoms with Crippen molar-refractivity contribution in [2.75, 3.05) is 10.6 Å². The smallest absolute Gasteiger partial charge is 0.308 e. The molecular formula is C15H9Cl2N5O3S. The predicted octanol–water partition coefficient (Wildman–Crippen LogP) is 5.06. The topological polar surface area (TPSA) is 110 Å². The van der Waals surface area contributed by atoms with Gasteiger partial charge in [-0.15, -0.1) is 10.2 Å². The molecule has 0 unspecified atom stereocenters. The molecule has 2 amide bonds. The zero-order chi connectivity index (χ0) is 18.7. The number of hydrogen-bond donors (Lipinski definition) is 2. The van der Waals surface area contributed by atoms with E-state index in [1.54, 1.807) is 24.3 Å². The van der Waals surface area contributed by atoms with Crippen molar-refractivity contribution in [3.05, 3.63) is 62.6 Å². The molecule has 0 bridgehead atoms. The molecule has 1 aromatic heterocycles. The Balaban J connectivity index is 1.70. The normalized spacial score (nSPS) is 10.4. The number of amides is 2. The van der Waals surface area contributed by atoms with E-state index in [-0.39, 0.29) is 10.8 Å². The van der Waals surface area contributed by atoms with Gasteiger partial charge >= 0.3 is 6.03 Å². The van der Waals surface area contributed by atoms with Crippen molar-refractivity contribution < 1.29 is 9.72 Å². The summed E-state index contributed by atoms with van der Waals surface area (Å²) in [5.41, 5.74) is 0.944. The summed E-state index contributed by atoms with van der Waals surface area (Å²) in [5.74, 6) is 0. The molecule has 0 fully saturated rings. The van der Waals surface area contributed by atoms with Gasteiger partial charge in [0.2, 0.25) is 5.13 Å². The zero-order valence-electron chi connectivity index (χ0n) is 12.8. The van der Waals surface area contributed by atoms with Crippen LogP contribution in [-0.4, -0.2) is 21.2 Å². The number of nitro benzene ring substituents is 1. The molecule has 11 heteroatoms. The molecule has 0 saturated carbocycles. The highest BCUT2D eigenvalue weighted by atomic mass is 35.5. The minimum Gasteiger partial charge on any atom is -0.308 e. The Morgan fingerprint density at radius 3 is 2.62 bits per heavy atom. The lowest BCUT2D eigenvalue weighted by Crippen LogP contribution is -2.19. The third-order valence-corrected chi connectivity index (χ3v) is 4.75. The molecular weight excluding hydrogens is 401 g/mol. The van der Waals surface area contributed by atoms with Gasteiger partial charge < -0.3 is 5.32 Å². The third kappa shape index (κ3) is 4.26. The van der Waals surface area contributed by atoms with Crippen LogP contribution in [0.15, 0.2) is 42.5 Å². The van der Waals surface area contributed by atoms with Gasteiger partial charge in [0.25, 0.3) is 5.69 Å². The Morgan fingerprint density at radius 2 is 1.88 bits per heavy atom. The van der Waals surface area contributed by atoms with Crippen molar-refractivity contribution in [2.45, 2.75) is 0 Å². The standard InChI is InChI=1S/C15H9Cl2N5O3S/c16-11-5-4-9(7-12(11)17)18-14(23)19-15-21-20-13(26-15)8-2-1-3-10(6-8)22(24)25/h1-7H,(H2,18,19,21,23). The number of nitro groups is 1. The number of carbonyl (C=O) groups is 1. The molecule has 0 saturated heterocycles. The molecule has 0 aliphatic carbocycles. The van der Waals surface area contributed by atoms with Crippen LogP contribution in [0.3, 0.4) is 0 Å². The number of rotatable bonds is 4. The van der Waals surface area contributed by atoms with E-state index in [4.69, 9.17) is 23.2 Å². The highest BCUT2D eigenvalue weighted by molar-refractivity contribution is 7.18. The van der Waals surface area contributed by atoms with E-state index in [0.29, 0.717) is 26.3 Å². The van der Waals surface area contributed by atoms with Crippen molar-refractivity contribution in [2.24, 2.45) is 0 Å². The first kappa shape index (κ1) is 18.1. The molecule has 2 aromatic carbocycles. The van der Waals surface area contributed by atoms with Crippen molar-refractivity contribution in [1.29, 1.82) is 0 Å². The Bertz CT molecular complexity index is 995. The highest BCUT2D eigenvalue weighted by Crippen LogP contribution is 2.29. The second-order valence-electron chi connectivity index (χ2n) is 4.93. The van der Waals surface area contributed by atoms with E-state index in [1.165, 1.54) is 18.2 Å². The number of carbonyl (C=O) groups excluding carboxylic acids is 1. The van der Waals surface area contributed by atoms with Gasteiger partial charge in [-0.25, -0.2) is 4.79 Å². The first-order chi connectivity index (χ1) is 12.4. The highest BCUT2D eigenvalue weighted by Gasteiger charge is 2.13. The molecule has 1 heterocycles. The Labute approximate surface area is 160 Å². The quantitative estimate of drug-likeness (QED) is 0.461. The van der Waals surface area contributed by atoms with E-state index in [0.717, 1.165) is 11.3 Å². The molecule has 26 heavy (non-hydrogen) atoms. The summed E-state index contributed by atoms with van der Waals surface area (Å²) in [5, 5.41) is 25.1. The summed E-state index contributed by atoms with van der Waals surface area (Å²) in [7, 11) is 0. The molecule has 0 radical (unpaired) electrons. The van der Waals surface area contributed by atoms with Crippen LogP contribution in [0, 0.1) is 10.1 Å². The van der Waals surface area contributed by atoms with E-state index >= 15 is 0 Å². The van der Waals surface area contributed by atoms with Crippen LogP contribution in [0.25, 0.3) is 10.6 Å². The van der Waals surface area contributed by atoms with Crippen molar-refractivity contribution in [3.8, 4) is 10.6 Å². The number of urea groups is 1. The van der Waals surface area contributed by atoms with Crippen LogP contribution in [0.1, 0.15) is 0 Å². The molecule has 132 valence electrons. The average molecular weight is 410 g/mol. The van der Waals surface area contributed by atoms with Crippen LogP contribution in [0.5, 0.6) is 0 Å². The van der Waals surface area contributed by atoms with Crippen LogP contribution in [0.4, 0.5) is 21.3 Å². The second-order valence-corrected chi connectivity index (χ2v) is 6.72. The van der Waals surface area contributed by atoms with Gasteiger partial charge in [0, 0.05) is 23.4 Å². The second kappa shape index (κ2) is 7.65. The molecule has 0 atom stereocenters. The van der Waals surface area contributed by atoms with Crippen molar-refractivity contribution in [3.63, 3.8) is 0 Å². The lowest BCUT2D eigenvalue weighted by atomic mass is 10.2. The minimum atomic E-state index is -0.537. The lowest BCUT2D eigenvalue weighted by molar-refractivity contribution is -0.384. The SMILES string of the molecule is O=C(Nc1ccc(Cl)c(Cl)c1)Nc1nnc(-c2cccc([N+](=O)[O-])c2)s1. The number of non-ortho nitro benzene ring substituents is 1. The Hall–Kier alpha value is -2.75. The number of hydrogen-bond acceptors (Lipinski definition) is 6. The van der Waals surface area contributed by atoms with Gasteiger partial charge in [-0.2, -0.15) is 0 Å². The number of nitrogens with one attached hydrogen (secondary N) is 2. The van der Waals surface area contributed by atoms with E-state index in [2.05, 4.69) is 20.8 Å². The van der Waals surface area contributed by atoms with Crippen molar-refractivity contribution in [1.82, 2.24) is 10.2 Å². The minimum absolute atomic E-state index is 0.0513. The van der Waals surface area contributed by atoms with E-state index in [9.17, 15) is 14.9 Å². The van der Waals surface area contributed by atoms with Gasteiger partial charge in [0.05, 0.1) is 15.0 Å². The summed E-state index contributed by atoms with van der Waals surface area (Å²) < 4.78 is 0. The third-order valence-electron chi connectivity index (χ3n) is 3.13. The first-order valence-corrected chi connectivity index (χ1v) is 8.61. The zero-order valence-corrected chi connectivity index (χ0v) is 15.1. The maximum Gasteiger partial charge on any atom is 0.325 e. The van der Waals surface area contributed by atoms with Gasteiger partial charge in [-0.1, -0.05) is 46.7 Å². The van der Waals surface area contributed by atoms with Gasteiger partial charge in [-0.05, 0) is 18.2 Å². The molecule has 0 aliphatic heterocycles. The van der Waals surface area contributed by atoms with E-state index < -0.39 is 11.0 Å². The number of halogens is 2. The molecule has 3 rings (SSSR count). The molecule has 3 aromatic rings. The first-order valence-electron chi connectivity index (χ1n) is 7.04. The number of aromatic nitrogens is 2. The largest absolute Gasteiger partial charge is 0.325 e. The fourth-order valence-electron chi connectivity index (χ4n) is 1.98. The summed E-state index contributed by atoms with van der Waals surface area (Å²) in [4.78, 5) is 22.4. The van der Waals surface area contributed by atoms with Crippen molar-refractivity contribution >= 4 is 57.1 Å². The van der Waals surface area contributed by atoms with Crippen LogP contribution < -0.4 is 10.6 Å². The molecule has 0 aliphatic rings. The van der Waals surface area contributed by atoms with Crippen LogP contribution in [-0.2, 0) is 0 Å². The summed E-state index contributed by atoms with van der Waals surface area (Å²) in [6.45, 7) is 0. The summed E-state index contributed by atoms with van der Waals surface area (Å²) >= 11 is 12.8. The summed E-state index contributed by atoms with van der Waals surface area (Å²) in [6.07, 6.45) is 0. The number of benzene rings is 2. The van der Waals surface area contributed by atoms with Gasteiger partial charge in [0.15, 0.2) is 0 Å². The van der Waals surface area contributed by atoms with E-state index in [1.807, 2.05) is 0 Å². The van der Waals surface area contributed by atoms with Crippen LogP contribution in [0.2, 0.25) is 10.0 Å². The van der Waals surface area contributed by atoms with Gasteiger partial charge in [-0.3, -0.25) is 15.4 Å². The molecule has 0 spiro atoms. The maximum absolute atomic E-state index is 12.0. The fourth-order valence-corrected chi connectivity index (χ4v) is 3.01. The predicted molar refractivity (Wildman–Crippen MR) is 101 cm³/mol. The maximum atomic E-state index is 12.0. The lowest BCUT2D eigenvalue weighted by Gasteiger charge is -2.05. The monoisotopic (exact) mass is 409 g/mol. The Morgan fingerprint density at radius 1 is 1.08 bits per heavy atom.